The fourth-order valence-corrected chi connectivity index (χ4v) is 2.25. The van der Waals surface area contributed by atoms with Gasteiger partial charge in [-0.15, -0.1) is 0 Å². The number of nitrogens with one attached hydrogen (secondary N) is 1. The van der Waals surface area contributed by atoms with Gasteiger partial charge in [0, 0.05) is 37.1 Å². The first-order valence-electron chi connectivity index (χ1n) is 6.09. The van der Waals surface area contributed by atoms with Crippen LogP contribution in [0.5, 0.6) is 0 Å². The van der Waals surface area contributed by atoms with E-state index in [9.17, 15) is 4.79 Å². The molecule has 1 fully saturated rings. The molecule has 2 rings (SSSR count). The molecule has 0 saturated carbocycles. The van der Waals surface area contributed by atoms with E-state index in [4.69, 9.17) is 0 Å². The molecule has 0 unspecified atom stereocenters. The van der Waals surface area contributed by atoms with Gasteiger partial charge in [-0.1, -0.05) is 0 Å². The van der Waals surface area contributed by atoms with Crippen LogP contribution in [0.2, 0.25) is 0 Å². The molecule has 0 bridgehead atoms. The average Bonchev–Trinajstić information content (AvgIpc) is 2.39. The van der Waals surface area contributed by atoms with Crippen molar-refractivity contribution in [3.05, 3.63) is 29.6 Å². The van der Waals surface area contributed by atoms with Crippen LogP contribution >= 0.6 is 0 Å². The summed E-state index contributed by atoms with van der Waals surface area (Å²) < 4.78 is 0. The van der Waals surface area contributed by atoms with E-state index in [1.54, 1.807) is 12.4 Å². The molecule has 1 aromatic rings. The van der Waals surface area contributed by atoms with E-state index in [2.05, 4.69) is 10.3 Å². The summed E-state index contributed by atoms with van der Waals surface area (Å²) in [6.45, 7) is 3.61. The van der Waals surface area contributed by atoms with E-state index < -0.39 is 0 Å². The monoisotopic (exact) mass is 233 g/mol. The van der Waals surface area contributed by atoms with E-state index in [0.29, 0.717) is 6.04 Å². The van der Waals surface area contributed by atoms with Gasteiger partial charge in [0.25, 0.3) is 5.91 Å². The van der Waals surface area contributed by atoms with E-state index in [0.717, 1.165) is 37.1 Å². The SMILES string of the molecule is CNC1CCN(C(=O)c2ccncc2C)CC1. The van der Waals surface area contributed by atoms with Crippen molar-refractivity contribution in [1.29, 1.82) is 0 Å². The number of aryl methyl sites for hydroxylation is 1. The number of nitrogens with zero attached hydrogens (tertiary/aromatic N) is 2. The molecule has 1 N–H and O–H groups in total. The maximum atomic E-state index is 12.3. The number of likely N-dealkylation sites (tertiary alicyclic amines) is 1. The van der Waals surface area contributed by atoms with Gasteiger partial charge in [-0.25, -0.2) is 0 Å². The number of piperidine rings is 1. The molecule has 2 heterocycles. The molecule has 0 aliphatic carbocycles. The number of aromatic nitrogens is 1. The largest absolute Gasteiger partial charge is 0.339 e. The summed E-state index contributed by atoms with van der Waals surface area (Å²) >= 11 is 0. The van der Waals surface area contributed by atoms with E-state index in [-0.39, 0.29) is 5.91 Å². The summed E-state index contributed by atoms with van der Waals surface area (Å²) in [5, 5.41) is 3.27. The van der Waals surface area contributed by atoms with Crippen molar-refractivity contribution in [2.24, 2.45) is 0 Å². The zero-order valence-electron chi connectivity index (χ0n) is 10.4. The predicted molar refractivity (Wildman–Crippen MR) is 67.0 cm³/mol. The smallest absolute Gasteiger partial charge is 0.254 e. The van der Waals surface area contributed by atoms with Gasteiger partial charge in [-0.05, 0) is 38.4 Å². The Kier molecular flexibility index (Phi) is 3.74. The minimum absolute atomic E-state index is 0.138. The summed E-state index contributed by atoms with van der Waals surface area (Å²) in [5.74, 6) is 0.138. The average molecular weight is 233 g/mol. The van der Waals surface area contributed by atoms with E-state index in [1.807, 2.05) is 24.9 Å². The second kappa shape index (κ2) is 5.27. The summed E-state index contributed by atoms with van der Waals surface area (Å²) in [4.78, 5) is 18.3. The zero-order chi connectivity index (χ0) is 12.3. The summed E-state index contributed by atoms with van der Waals surface area (Å²) in [5.41, 5.74) is 1.73. The van der Waals surface area contributed by atoms with Crippen LogP contribution in [0.25, 0.3) is 0 Å². The first-order valence-corrected chi connectivity index (χ1v) is 6.09. The van der Waals surface area contributed by atoms with Crippen LogP contribution in [-0.2, 0) is 0 Å². The molecule has 4 heteroatoms. The molecule has 17 heavy (non-hydrogen) atoms. The molecule has 1 saturated heterocycles. The normalized spacial score (nSPS) is 17.2. The molecule has 1 aliphatic rings. The molecule has 0 radical (unpaired) electrons. The van der Waals surface area contributed by atoms with Gasteiger partial charge >= 0.3 is 0 Å². The van der Waals surface area contributed by atoms with Gasteiger partial charge in [0.1, 0.15) is 0 Å². The highest BCUT2D eigenvalue weighted by molar-refractivity contribution is 5.95. The quantitative estimate of drug-likeness (QED) is 0.835. The van der Waals surface area contributed by atoms with Crippen molar-refractivity contribution in [2.45, 2.75) is 25.8 Å². The van der Waals surface area contributed by atoms with Crippen molar-refractivity contribution < 1.29 is 4.79 Å². The molecular weight excluding hydrogens is 214 g/mol. The fourth-order valence-electron chi connectivity index (χ4n) is 2.25. The minimum atomic E-state index is 0.138. The highest BCUT2D eigenvalue weighted by Gasteiger charge is 2.23. The lowest BCUT2D eigenvalue weighted by Crippen LogP contribution is -2.44. The van der Waals surface area contributed by atoms with Gasteiger partial charge in [-0.3, -0.25) is 9.78 Å². The maximum absolute atomic E-state index is 12.3. The van der Waals surface area contributed by atoms with Crippen LogP contribution in [0.1, 0.15) is 28.8 Å². The lowest BCUT2D eigenvalue weighted by atomic mass is 10.0. The Morgan fingerprint density at radius 3 is 2.76 bits per heavy atom. The molecule has 1 aromatic heterocycles. The van der Waals surface area contributed by atoms with Crippen molar-refractivity contribution in [1.82, 2.24) is 15.2 Å². The van der Waals surface area contributed by atoms with E-state index >= 15 is 0 Å². The molecule has 4 nitrogen and oxygen atoms in total. The first kappa shape index (κ1) is 12.0. The second-order valence-corrected chi connectivity index (χ2v) is 4.55. The Hall–Kier alpha value is -1.42. The molecule has 1 amide bonds. The van der Waals surface area contributed by atoms with Crippen LogP contribution in [0, 0.1) is 6.92 Å². The third-order valence-corrected chi connectivity index (χ3v) is 3.44. The zero-order valence-corrected chi connectivity index (χ0v) is 10.4. The highest BCUT2D eigenvalue weighted by atomic mass is 16.2. The number of hydrogen-bond donors (Lipinski definition) is 1. The number of carbonyl (C=O) groups excluding carboxylic acids is 1. The number of carbonyl (C=O) groups is 1. The first-order chi connectivity index (χ1) is 8.22. The third-order valence-electron chi connectivity index (χ3n) is 3.44. The van der Waals surface area contributed by atoms with Gasteiger partial charge in [0.05, 0.1) is 0 Å². The molecule has 0 spiro atoms. The Bertz CT molecular complexity index is 397. The van der Waals surface area contributed by atoms with Gasteiger partial charge in [0.2, 0.25) is 0 Å². The van der Waals surface area contributed by atoms with Crippen LogP contribution in [-0.4, -0.2) is 42.0 Å². The Balaban J connectivity index is 2.04. The molecule has 1 aliphatic heterocycles. The molecule has 0 atom stereocenters. The number of amides is 1. The van der Waals surface area contributed by atoms with Gasteiger partial charge in [-0.2, -0.15) is 0 Å². The second-order valence-electron chi connectivity index (χ2n) is 4.55. The van der Waals surface area contributed by atoms with Crippen LogP contribution in [0.15, 0.2) is 18.5 Å². The van der Waals surface area contributed by atoms with E-state index in [1.165, 1.54) is 0 Å². The maximum Gasteiger partial charge on any atom is 0.254 e. The van der Waals surface area contributed by atoms with Gasteiger partial charge in [0.15, 0.2) is 0 Å². The lowest BCUT2D eigenvalue weighted by molar-refractivity contribution is 0.0706. The Morgan fingerprint density at radius 1 is 1.47 bits per heavy atom. The standard InChI is InChI=1S/C13H19N3O/c1-10-9-15-6-3-12(10)13(17)16-7-4-11(14-2)5-8-16/h3,6,9,11,14H,4-5,7-8H2,1-2H3. The number of hydrogen-bond acceptors (Lipinski definition) is 3. The Morgan fingerprint density at radius 2 is 2.18 bits per heavy atom. The van der Waals surface area contributed by atoms with Gasteiger partial charge < -0.3 is 10.2 Å². The predicted octanol–water partition coefficient (Wildman–Crippen LogP) is 1.21. The summed E-state index contributed by atoms with van der Waals surface area (Å²) in [6, 6.07) is 2.36. The van der Waals surface area contributed by atoms with Crippen molar-refractivity contribution >= 4 is 5.91 Å². The van der Waals surface area contributed by atoms with Crippen molar-refractivity contribution in [3.8, 4) is 0 Å². The Labute approximate surface area is 102 Å². The summed E-state index contributed by atoms with van der Waals surface area (Å²) in [6.07, 6.45) is 5.49. The molecule has 92 valence electrons. The number of pyridine rings is 1. The van der Waals surface area contributed by atoms with Crippen LogP contribution in [0.4, 0.5) is 0 Å². The lowest BCUT2D eigenvalue weighted by Gasteiger charge is -2.32. The van der Waals surface area contributed by atoms with Crippen molar-refractivity contribution in [2.75, 3.05) is 20.1 Å². The molecular formula is C13H19N3O. The van der Waals surface area contributed by atoms with Crippen LogP contribution < -0.4 is 5.32 Å². The topological polar surface area (TPSA) is 45.2 Å². The highest BCUT2D eigenvalue weighted by Crippen LogP contribution is 2.15. The fraction of sp³-hybridized carbons (Fsp3) is 0.538. The number of rotatable bonds is 2. The molecule has 0 aromatic carbocycles. The van der Waals surface area contributed by atoms with Crippen LogP contribution in [0.3, 0.4) is 0 Å². The van der Waals surface area contributed by atoms with Crippen molar-refractivity contribution in [3.63, 3.8) is 0 Å². The minimum Gasteiger partial charge on any atom is -0.339 e. The summed E-state index contributed by atoms with van der Waals surface area (Å²) in [7, 11) is 1.98. The third kappa shape index (κ3) is 2.64.